The third-order valence-electron chi connectivity index (χ3n) is 6.01. The van der Waals surface area contributed by atoms with Crippen LogP contribution in [0.5, 0.6) is 11.5 Å². The number of nitrogens with one attached hydrogen (secondary N) is 1. The Bertz CT molecular complexity index is 1000. The highest BCUT2D eigenvalue weighted by Gasteiger charge is 2.23. The molecular weight excluding hydrogens is 454 g/mol. The zero-order valence-corrected chi connectivity index (χ0v) is 20.7. The summed E-state index contributed by atoms with van der Waals surface area (Å²) >= 11 is 1.74. The van der Waals surface area contributed by atoms with Gasteiger partial charge in [0, 0.05) is 56.0 Å². The number of anilines is 2. The average Bonchev–Trinajstić information content (AvgIpc) is 3.33. The lowest BCUT2D eigenvalue weighted by Crippen LogP contribution is -2.36. The van der Waals surface area contributed by atoms with Gasteiger partial charge in [-0.15, -0.1) is 11.3 Å². The first-order valence-corrected chi connectivity index (χ1v) is 12.9. The molecule has 9 heteroatoms. The second kappa shape index (κ2) is 11.6. The molecule has 1 aromatic heterocycles. The highest BCUT2D eigenvalue weighted by Crippen LogP contribution is 2.39. The summed E-state index contributed by atoms with van der Waals surface area (Å²) < 4.78 is 17.2. The molecular formula is C25H33N3O5S. The van der Waals surface area contributed by atoms with E-state index in [0.29, 0.717) is 56.7 Å². The molecule has 2 aliphatic heterocycles. The van der Waals surface area contributed by atoms with Crippen molar-refractivity contribution in [3.63, 3.8) is 0 Å². The second-order valence-corrected chi connectivity index (χ2v) is 9.26. The number of nitrogens with zero attached hydrogens (tertiary/aromatic N) is 2. The van der Waals surface area contributed by atoms with Crippen LogP contribution < -0.4 is 19.7 Å². The number of fused-ring (bicyclic) bond motifs is 1. The molecule has 3 heterocycles. The minimum atomic E-state index is -0.218. The first-order valence-electron chi connectivity index (χ1n) is 12.0. The number of carbonyl (C=O) groups is 2. The number of ether oxygens (including phenoxy) is 3. The molecule has 0 atom stereocenters. The Morgan fingerprint density at radius 2 is 1.82 bits per heavy atom. The van der Waals surface area contributed by atoms with Crippen LogP contribution >= 0.6 is 11.3 Å². The number of benzene rings is 1. The van der Waals surface area contributed by atoms with Crippen LogP contribution in [-0.4, -0.2) is 62.8 Å². The highest BCUT2D eigenvalue weighted by molar-refractivity contribution is 7.10. The summed E-state index contributed by atoms with van der Waals surface area (Å²) in [5.41, 5.74) is 2.71. The third-order valence-corrected chi connectivity index (χ3v) is 7.04. The molecule has 0 bridgehead atoms. The van der Waals surface area contributed by atoms with Crippen molar-refractivity contribution < 1.29 is 23.8 Å². The monoisotopic (exact) mass is 487 g/mol. The fourth-order valence-corrected chi connectivity index (χ4v) is 5.19. The second-order valence-electron chi connectivity index (χ2n) is 8.26. The van der Waals surface area contributed by atoms with E-state index in [1.807, 2.05) is 30.9 Å². The minimum absolute atomic E-state index is 0.00898. The Labute approximate surface area is 204 Å². The Morgan fingerprint density at radius 1 is 1.06 bits per heavy atom. The van der Waals surface area contributed by atoms with Crippen molar-refractivity contribution in [1.82, 2.24) is 4.90 Å². The number of thiophene rings is 1. The maximum absolute atomic E-state index is 12.8. The van der Waals surface area contributed by atoms with E-state index in [-0.39, 0.29) is 24.7 Å². The fraction of sp³-hybridized carbons (Fsp3) is 0.520. The van der Waals surface area contributed by atoms with Crippen molar-refractivity contribution in [2.75, 3.05) is 56.3 Å². The standard InChI is InChI=1S/C25H33N3O5S/c1-3-32-21-16-20(27-10-12-31-13-11-27)22(33-4-2)15-19(21)26-24(29)5-6-25(30)28-9-7-23-18(17-28)8-14-34-23/h8,14-16H,3-7,9-13,17H2,1-2H3,(H,26,29). The first-order chi connectivity index (χ1) is 16.6. The minimum Gasteiger partial charge on any atom is -0.492 e. The van der Waals surface area contributed by atoms with Crippen molar-refractivity contribution in [1.29, 1.82) is 0 Å². The molecule has 0 spiro atoms. The van der Waals surface area contributed by atoms with E-state index in [4.69, 9.17) is 14.2 Å². The number of carbonyl (C=O) groups excluding carboxylic acids is 2. The van der Waals surface area contributed by atoms with Gasteiger partial charge in [0.1, 0.15) is 11.5 Å². The Hall–Kier alpha value is -2.78. The summed E-state index contributed by atoms with van der Waals surface area (Å²) in [5.74, 6) is 1.08. The van der Waals surface area contributed by atoms with Crippen molar-refractivity contribution in [2.45, 2.75) is 39.7 Å². The topological polar surface area (TPSA) is 80.3 Å². The molecule has 4 rings (SSSR count). The van der Waals surface area contributed by atoms with Crippen molar-refractivity contribution in [2.24, 2.45) is 0 Å². The summed E-state index contributed by atoms with van der Waals surface area (Å²) in [7, 11) is 0. The third kappa shape index (κ3) is 5.82. The maximum Gasteiger partial charge on any atom is 0.224 e. The molecule has 2 amide bonds. The summed E-state index contributed by atoms with van der Waals surface area (Å²) in [6, 6.07) is 5.83. The van der Waals surface area contributed by atoms with Crippen molar-refractivity contribution in [3.8, 4) is 11.5 Å². The first kappa shape index (κ1) is 24.3. The zero-order valence-electron chi connectivity index (χ0n) is 19.9. The van der Waals surface area contributed by atoms with Gasteiger partial charge in [0.15, 0.2) is 0 Å². The Kier molecular flexibility index (Phi) is 8.29. The van der Waals surface area contributed by atoms with Crippen LogP contribution in [-0.2, 0) is 27.3 Å². The van der Waals surface area contributed by atoms with Gasteiger partial charge in [-0.3, -0.25) is 9.59 Å². The van der Waals surface area contributed by atoms with Crippen LogP contribution in [0.4, 0.5) is 11.4 Å². The molecule has 1 fully saturated rings. The van der Waals surface area contributed by atoms with E-state index < -0.39 is 0 Å². The summed E-state index contributed by atoms with van der Waals surface area (Å²) in [6.07, 6.45) is 1.18. The molecule has 8 nitrogen and oxygen atoms in total. The fourth-order valence-electron chi connectivity index (χ4n) is 4.30. The molecule has 0 aliphatic carbocycles. The van der Waals surface area contributed by atoms with Gasteiger partial charge in [0.2, 0.25) is 11.8 Å². The molecule has 2 aromatic rings. The largest absolute Gasteiger partial charge is 0.492 e. The lowest BCUT2D eigenvalue weighted by Gasteiger charge is -2.31. The lowest BCUT2D eigenvalue weighted by molar-refractivity contribution is -0.133. The van der Waals surface area contributed by atoms with Crippen LogP contribution in [0.1, 0.15) is 37.1 Å². The van der Waals surface area contributed by atoms with Crippen molar-refractivity contribution >= 4 is 34.5 Å². The summed E-state index contributed by atoms with van der Waals surface area (Å²) in [6.45, 7) is 9.02. The van der Waals surface area contributed by atoms with Gasteiger partial charge in [-0.25, -0.2) is 0 Å². The molecule has 184 valence electrons. The van der Waals surface area contributed by atoms with Gasteiger partial charge in [-0.05, 0) is 37.3 Å². The molecule has 0 unspecified atom stereocenters. The quantitative estimate of drug-likeness (QED) is 0.581. The van der Waals surface area contributed by atoms with Gasteiger partial charge < -0.3 is 29.3 Å². The predicted octanol–water partition coefficient (Wildman–Crippen LogP) is 3.69. The van der Waals surface area contributed by atoms with Crippen LogP contribution in [0.2, 0.25) is 0 Å². The van der Waals surface area contributed by atoms with E-state index in [9.17, 15) is 9.59 Å². The smallest absolute Gasteiger partial charge is 0.224 e. The highest BCUT2D eigenvalue weighted by atomic mass is 32.1. The summed E-state index contributed by atoms with van der Waals surface area (Å²) in [5, 5.41) is 5.01. The predicted molar refractivity (Wildman–Crippen MR) is 133 cm³/mol. The molecule has 1 N–H and O–H groups in total. The van der Waals surface area contributed by atoms with E-state index in [1.165, 1.54) is 10.4 Å². The number of hydrogen-bond donors (Lipinski definition) is 1. The van der Waals surface area contributed by atoms with Crippen LogP contribution in [0.3, 0.4) is 0 Å². The van der Waals surface area contributed by atoms with Gasteiger partial charge in [-0.2, -0.15) is 0 Å². The SMILES string of the molecule is CCOc1cc(N2CCOCC2)c(OCC)cc1NC(=O)CCC(=O)N1CCc2sccc2C1. The Balaban J connectivity index is 1.41. The van der Waals surface area contributed by atoms with Crippen LogP contribution in [0.25, 0.3) is 0 Å². The molecule has 34 heavy (non-hydrogen) atoms. The van der Waals surface area contributed by atoms with E-state index in [0.717, 1.165) is 25.2 Å². The van der Waals surface area contributed by atoms with Crippen LogP contribution in [0.15, 0.2) is 23.6 Å². The average molecular weight is 488 g/mol. The van der Waals surface area contributed by atoms with Crippen LogP contribution in [0, 0.1) is 0 Å². The van der Waals surface area contributed by atoms with E-state index in [2.05, 4.69) is 21.7 Å². The van der Waals surface area contributed by atoms with Gasteiger partial charge >= 0.3 is 0 Å². The van der Waals surface area contributed by atoms with Gasteiger partial charge in [-0.1, -0.05) is 0 Å². The number of hydrogen-bond acceptors (Lipinski definition) is 7. The molecule has 2 aliphatic rings. The number of amides is 2. The number of morpholine rings is 1. The zero-order chi connectivity index (χ0) is 23.9. The Morgan fingerprint density at radius 3 is 2.59 bits per heavy atom. The van der Waals surface area contributed by atoms with E-state index in [1.54, 1.807) is 11.3 Å². The summed E-state index contributed by atoms with van der Waals surface area (Å²) in [4.78, 5) is 30.9. The molecule has 1 saturated heterocycles. The number of rotatable bonds is 9. The van der Waals surface area contributed by atoms with Gasteiger partial charge in [0.25, 0.3) is 0 Å². The molecule has 0 radical (unpaired) electrons. The maximum atomic E-state index is 12.8. The normalized spacial score (nSPS) is 15.6. The molecule has 1 aromatic carbocycles. The van der Waals surface area contributed by atoms with Gasteiger partial charge in [0.05, 0.1) is 37.8 Å². The van der Waals surface area contributed by atoms with E-state index >= 15 is 0 Å². The van der Waals surface area contributed by atoms with Crippen molar-refractivity contribution in [3.05, 3.63) is 34.0 Å². The lowest BCUT2D eigenvalue weighted by atomic mass is 10.1. The molecule has 0 saturated carbocycles.